The van der Waals surface area contributed by atoms with Crippen LogP contribution in [0.2, 0.25) is 0 Å². The first kappa shape index (κ1) is 14.0. The predicted molar refractivity (Wildman–Crippen MR) is 73.9 cm³/mol. The van der Waals surface area contributed by atoms with E-state index in [1.165, 1.54) is 18.4 Å². The van der Waals surface area contributed by atoms with Gasteiger partial charge >= 0.3 is 5.97 Å². The lowest BCUT2D eigenvalue weighted by atomic mass is 10.1. The van der Waals surface area contributed by atoms with Crippen LogP contribution in [-0.2, 0) is 4.79 Å². The summed E-state index contributed by atoms with van der Waals surface area (Å²) in [6.45, 7) is 2.22. The number of carboxylic acid groups (broad SMARTS) is 1. The molecule has 0 radical (unpaired) electrons. The molecular formula is C15H22N2O2. The molecule has 0 saturated carbocycles. The summed E-state index contributed by atoms with van der Waals surface area (Å²) in [7, 11) is 0. The number of aromatic nitrogens is 1. The van der Waals surface area contributed by atoms with Crippen molar-refractivity contribution in [1.29, 1.82) is 0 Å². The molecule has 0 aliphatic carbocycles. The minimum atomic E-state index is -0.686. The monoisotopic (exact) mass is 262 g/mol. The molecule has 1 atom stereocenters. The van der Waals surface area contributed by atoms with Crippen molar-refractivity contribution in [3.05, 3.63) is 30.1 Å². The van der Waals surface area contributed by atoms with E-state index in [2.05, 4.69) is 16.0 Å². The Balaban J connectivity index is 1.75. The van der Waals surface area contributed by atoms with Gasteiger partial charge in [-0.1, -0.05) is 12.5 Å². The Kier molecular flexibility index (Phi) is 5.33. The molecule has 0 bridgehead atoms. The van der Waals surface area contributed by atoms with Gasteiger partial charge in [0.2, 0.25) is 0 Å². The Morgan fingerprint density at radius 2 is 2.32 bits per heavy atom. The fraction of sp³-hybridized carbons (Fsp3) is 0.600. The average Bonchev–Trinajstić information content (AvgIpc) is 2.87. The maximum Gasteiger partial charge on any atom is 0.303 e. The SMILES string of the molecule is O=C(O)CCCCCN1CCCC1c1cccnc1. The summed E-state index contributed by atoms with van der Waals surface area (Å²) >= 11 is 0. The second-order valence-corrected chi connectivity index (χ2v) is 5.18. The van der Waals surface area contributed by atoms with E-state index in [0.717, 1.165) is 32.4 Å². The van der Waals surface area contributed by atoms with Gasteiger partial charge < -0.3 is 5.11 Å². The number of carboxylic acids is 1. The molecule has 4 heteroatoms. The number of hydrogen-bond acceptors (Lipinski definition) is 3. The van der Waals surface area contributed by atoms with Crippen molar-refractivity contribution in [2.24, 2.45) is 0 Å². The van der Waals surface area contributed by atoms with Crippen molar-refractivity contribution in [3.8, 4) is 0 Å². The van der Waals surface area contributed by atoms with Gasteiger partial charge in [0.1, 0.15) is 0 Å². The number of nitrogens with zero attached hydrogens (tertiary/aromatic N) is 2. The molecule has 1 saturated heterocycles. The van der Waals surface area contributed by atoms with Crippen LogP contribution in [0, 0.1) is 0 Å². The molecule has 0 aromatic carbocycles. The standard InChI is InChI=1S/C15H22N2O2/c18-15(19)8-2-1-3-10-17-11-5-7-14(17)13-6-4-9-16-12-13/h4,6,9,12,14H,1-3,5,7-8,10-11H2,(H,18,19). The van der Waals surface area contributed by atoms with E-state index in [0.29, 0.717) is 12.5 Å². The Bertz CT molecular complexity index is 394. The summed E-state index contributed by atoms with van der Waals surface area (Å²) in [6.07, 6.45) is 9.41. The van der Waals surface area contributed by atoms with Crippen LogP contribution >= 0.6 is 0 Å². The smallest absolute Gasteiger partial charge is 0.303 e. The maximum absolute atomic E-state index is 10.4. The summed E-state index contributed by atoms with van der Waals surface area (Å²) < 4.78 is 0. The maximum atomic E-state index is 10.4. The van der Waals surface area contributed by atoms with Crippen molar-refractivity contribution in [3.63, 3.8) is 0 Å². The summed E-state index contributed by atoms with van der Waals surface area (Å²) in [6, 6.07) is 4.66. The number of aliphatic carboxylic acids is 1. The summed E-state index contributed by atoms with van der Waals surface area (Å²) in [5.41, 5.74) is 1.31. The van der Waals surface area contributed by atoms with Crippen LogP contribution < -0.4 is 0 Å². The van der Waals surface area contributed by atoms with Gasteiger partial charge in [0.25, 0.3) is 0 Å². The molecule has 1 aromatic heterocycles. The molecule has 2 rings (SSSR count). The van der Waals surface area contributed by atoms with Crippen LogP contribution in [0.3, 0.4) is 0 Å². The minimum Gasteiger partial charge on any atom is -0.481 e. The third-order valence-corrected chi connectivity index (χ3v) is 3.77. The van der Waals surface area contributed by atoms with Crippen LogP contribution in [-0.4, -0.2) is 34.0 Å². The van der Waals surface area contributed by atoms with E-state index in [4.69, 9.17) is 5.11 Å². The van der Waals surface area contributed by atoms with E-state index in [9.17, 15) is 4.79 Å². The van der Waals surface area contributed by atoms with E-state index in [-0.39, 0.29) is 0 Å². The van der Waals surface area contributed by atoms with Crippen LogP contribution in [0.25, 0.3) is 0 Å². The van der Waals surface area contributed by atoms with E-state index in [1.807, 2.05) is 18.5 Å². The molecule has 1 aromatic rings. The van der Waals surface area contributed by atoms with E-state index >= 15 is 0 Å². The highest BCUT2D eigenvalue weighted by Gasteiger charge is 2.25. The molecule has 1 fully saturated rings. The zero-order valence-electron chi connectivity index (χ0n) is 11.3. The van der Waals surface area contributed by atoms with Gasteiger partial charge in [-0.15, -0.1) is 0 Å². The zero-order valence-corrected chi connectivity index (χ0v) is 11.3. The highest BCUT2D eigenvalue weighted by atomic mass is 16.4. The zero-order chi connectivity index (χ0) is 13.5. The van der Waals surface area contributed by atoms with Crippen LogP contribution in [0.4, 0.5) is 0 Å². The molecule has 0 spiro atoms. The lowest BCUT2D eigenvalue weighted by Gasteiger charge is -2.24. The summed E-state index contributed by atoms with van der Waals surface area (Å²) in [4.78, 5) is 17.2. The quantitative estimate of drug-likeness (QED) is 0.768. The molecule has 1 N–H and O–H groups in total. The Labute approximate surface area is 114 Å². The van der Waals surface area contributed by atoms with E-state index in [1.54, 1.807) is 0 Å². The molecule has 0 amide bonds. The molecule has 1 aliphatic heterocycles. The van der Waals surface area contributed by atoms with Crippen LogP contribution in [0.15, 0.2) is 24.5 Å². The van der Waals surface area contributed by atoms with E-state index < -0.39 is 5.97 Å². The first-order valence-corrected chi connectivity index (χ1v) is 7.13. The second-order valence-electron chi connectivity index (χ2n) is 5.18. The molecule has 2 heterocycles. The molecule has 4 nitrogen and oxygen atoms in total. The van der Waals surface area contributed by atoms with Gasteiger partial charge in [-0.3, -0.25) is 14.7 Å². The normalized spacial score (nSPS) is 19.7. The van der Waals surface area contributed by atoms with Gasteiger partial charge in [-0.2, -0.15) is 0 Å². The molecule has 104 valence electrons. The van der Waals surface area contributed by atoms with Crippen molar-refractivity contribution in [1.82, 2.24) is 9.88 Å². The highest BCUT2D eigenvalue weighted by molar-refractivity contribution is 5.66. The van der Waals surface area contributed by atoms with Gasteiger partial charge in [0.15, 0.2) is 0 Å². The predicted octanol–water partition coefficient (Wildman–Crippen LogP) is 2.86. The fourth-order valence-corrected chi connectivity index (χ4v) is 2.81. The number of likely N-dealkylation sites (tertiary alicyclic amines) is 1. The summed E-state index contributed by atoms with van der Waals surface area (Å²) in [5.74, 6) is -0.686. The van der Waals surface area contributed by atoms with Crippen molar-refractivity contribution >= 4 is 5.97 Å². The van der Waals surface area contributed by atoms with Crippen molar-refractivity contribution in [2.75, 3.05) is 13.1 Å². The molecule has 1 aliphatic rings. The lowest BCUT2D eigenvalue weighted by molar-refractivity contribution is -0.137. The van der Waals surface area contributed by atoms with Crippen molar-refractivity contribution in [2.45, 2.75) is 44.6 Å². The van der Waals surface area contributed by atoms with Gasteiger partial charge in [0, 0.05) is 24.9 Å². The topological polar surface area (TPSA) is 53.4 Å². The largest absolute Gasteiger partial charge is 0.481 e. The summed E-state index contributed by atoms with van der Waals surface area (Å²) in [5, 5.41) is 8.60. The second kappa shape index (κ2) is 7.24. The first-order chi connectivity index (χ1) is 9.27. The lowest BCUT2D eigenvalue weighted by Crippen LogP contribution is -2.24. The third-order valence-electron chi connectivity index (χ3n) is 3.77. The van der Waals surface area contributed by atoms with Gasteiger partial charge in [-0.25, -0.2) is 0 Å². The molecular weight excluding hydrogens is 240 g/mol. The van der Waals surface area contributed by atoms with Gasteiger partial charge in [-0.05, 0) is 50.4 Å². The number of hydrogen-bond donors (Lipinski definition) is 1. The Morgan fingerprint density at radius 1 is 1.42 bits per heavy atom. The fourth-order valence-electron chi connectivity index (χ4n) is 2.81. The average molecular weight is 262 g/mol. The van der Waals surface area contributed by atoms with Crippen LogP contribution in [0.1, 0.15) is 50.1 Å². The minimum absolute atomic E-state index is 0.298. The number of unbranched alkanes of at least 4 members (excludes halogenated alkanes) is 2. The van der Waals surface area contributed by atoms with Gasteiger partial charge in [0.05, 0.1) is 0 Å². The Hall–Kier alpha value is -1.42. The molecule has 1 unspecified atom stereocenters. The number of carbonyl (C=O) groups is 1. The molecule has 19 heavy (non-hydrogen) atoms. The van der Waals surface area contributed by atoms with Crippen LogP contribution in [0.5, 0.6) is 0 Å². The third kappa shape index (κ3) is 4.31. The first-order valence-electron chi connectivity index (χ1n) is 7.13. The Morgan fingerprint density at radius 3 is 3.05 bits per heavy atom. The van der Waals surface area contributed by atoms with Crippen molar-refractivity contribution < 1.29 is 9.90 Å². The highest BCUT2D eigenvalue weighted by Crippen LogP contribution is 2.31. The number of rotatable bonds is 7. The number of pyridine rings is 1.